The van der Waals surface area contributed by atoms with Crippen LogP contribution < -0.4 is 5.73 Å². The van der Waals surface area contributed by atoms with E-state index in [1.165, 1.54) is 6.07 Å². The van der Waals surface area contributed by atoms with Gasteiger partial charge in [0.2, 0.25) is 0 Å². The van der Waals surface area contributed by atoms with Gasteiger partial charge in [-0.3, -0.25) is 4.40 Å². The van der Waals surface area contributed by atoms with Crippen molar-refractivity contribution in [1.82, 2.24) is 9.38 Å². The Bertz CT molecular complexity index is 832. The lowest BCUT2D eigenvalue weighted by atomic mass is 10.1. The van der Waals surface area contributed by atoms with Gasteiger partial charge in [0, 0.05) is 16.2 Å². The molecular formula is C13H7BrCl2FN3. The lowest BCUT2D eigenvalue weighted by molar-refractivity contribution is 0.630. The third kappa shape index (κ3) is 2.16. The molecule has 102 valence electrons. The third-order valence-corrected chi connectivity index (χ3v) is 3.84. The van der Waals surface area contributed by atoms with E-state index in [0.717, 1.165) is 0 Å². The third-order valence-electron chi connectivity index (χ3n) is 2.86. The minimum Gasteiger partial charge on any atom is -0.383 e. The van der Waals surface area contributed by atoms with Gasteiger partial charge in [0.1, 0.15) is 17.3 Å². The summed E-state index contributed by atoms with van der Waals surface area (Å²) >= 11 is 15.2. The molecule has 2 heterocycles. The van der Waals surface area contributed by atoms with E-state index >= 15 is 0 Å². The number of hydrogen-bond acceptors (Lipinski definition) is 2. The summed E-state index contributed by atoms with van der Waals surface area (Å²) in [4.78, 5) is 4.31. The predicted molar refractivity (Wildman–Crippen MR) is 82.7 cm³/mol. The largest absolute Gasteiger partial charge is 0.383 e. The second-order valence-corrected chi connectivity index (χ2v) is 5.93. The first-order valence-corrected chi connectivity index (χ1v) is 7.10. The molecule has 0 saturated carbocycles. The van der Waals surface area contributed by atoms with Gasteiger partial charge < -0.3 is 5.73 Å². The molecule has 7 heteroatoms. The maximum atomic E-state index is 14.0. The van der Waals surface area contributed by atoms with Gasteiger partial charge in [-0.2, -0.15) is 0 Å². The second kappa shape index (κ2) is 4.91. The van der Waals surface area contributed by atoms with Gasteiger partial charge in [-0.15, -0.1) is 0 Å². The number of anilines is 1. The molecule has 3 aromatic rings. The van der Waals surface area contributed by atoms with Gasteiger partial charge in [-0.05, 0) is 24.3 Å². The number of pyridine rings is 1. The Morgan fingerprint density at radius 2 is 2.00 bits per heavy atom. The summed E-state index contributed by atoms with van der Waals surface area (Å²) in [6.45, 7) is 0. The molecule has 0 bridgehead atoms. The van der Waals surface area contributed by atoms with Crippen LogP contribution in [0.3, 0.4) is 0 Å². The van der Waals surface area contributed by atoms with Crippen LogP contribution in [0.5, 0.6) is 0 Å². The molecule has 0 amide bonds. The summed E-state index contributed by atoms with van der Waals surface area (Å²) in [7, 11) is 0. The average Bonchev–Trinajstić information content (AvgIpc) is 2.68. The zero-order valence-corrected chi connectivity index (χ0v) is 13.0. The molecule has 0 atom stereocenters. The summed E-state index contributed by atoms with van der Waals surface area (Å²) in [5, 5.41) is 0.780. The topological polar surface area (TPSA) is 43.3 Å². The molecule has 3 nitrogen and oxygen atoms in total. The summed E-state index contributed by atoms with van der Waals surface area (Å²) in [5.74, 6) is -0.137. The molecule has 1 aromatic carbocycles. The van der Waals surface area contributed by atoms with Crippen molar-refractivity contribution in [3.63, 3.8) is 0 Å². The van der Waals surface area contributed by atoms with Crippen molar-refractivity contribution in [3.05, 3.63) is 50.8 Å². The Kier molecular flexibility index (Phi) is 3.36. The van der Waals surface area contributed by atoms with Crippen LogP contribution in [0.25, 0.3) is 16.9 Å². The highest BCUT2D eigenvalue weighted by atomic mass is 79.9. The van der Waals surface area contributed by atoms with Gasteiger partial charge in [-0.25, -0.2) is 9.37 Å². The minimum atomic E-state index is -0.420. The van der Waals surface area contributed by atoms with Crippen molar-refractivity contribution in [1.29, 1.82) is 0 Å². The summed E-state index contributed by atoms with van der Waals surface area (Å²) in [5.41, 5.74) is 7.10. The van der Waals surface area contributed by atoms with Gasteiger partial charge in [0.05, 0.1) is 10.0 Å². The second-order valence-electron chi connectivity index (χ2n) is 4.17. The van der Waals surface area contributed by atoms with Gasteiger partial charge >= 0.3 is 0 Å². The SMILES string of the molecule is Nc1c(-c2ccc(Br)cc2F)nc2c(Cl)cc(Cl)cn12. The van der Waals surface area contributed by atoms with Crippen molar-refractivity contribution in [2.24, 2.45) is 0 Å². The van der Waals surface area contributed by atoms with E-state index < -0.39 is 5.82 Å². The maximum Gasteiger partial charge on any atom is 0.158 e. The van der Waals surface area contributed by atoms with Crippen LogP contribution in [0.2, 0.25) is 10.0 Å². The fraction of sp³-hybridized carbons (Fsp3) is 0. The van der Waals surface area contributed by atoms with Gasteiger partial charge in [-0.1, -0.05) is 39.1 Å². The lowest BCUT2D eigenvalue weighted by Gasteiger charge is -2.02. The summed E-state index contributed by atoms with van der Waals surface area (Å²) in [6, 6.07) is 6.24. The molecule has 0 aliphatic heterocycles. The van der Waals surface area contributed by atoms with E-state index in [2.05, 4.69) is 20.9 Å². The quantitative estimate of drug-likeness (QED) is 0.665. The van der Waals surface area contributed by atoms with Crippen molar-refractivity contribution < 1.29 is 4.39 Å². The number of rotatable bonds is 1. The van der Waals surface area contributed by atoms with Crippen LogP contribution in [0.1, 0.15) is 0 Å². The number of fused-ring (bicyclic) bond motifs is 1. The highest BCUT2D eigenvalue weighted by Crippen LogP contribution is 2.33. The highest BCUT2D eigenvalue weighted by molar-refractivity contribution is 9.10. The van der Waals surface area contributed by atoms with E-state index in [1.54, 1.807) is 28.8 Å². The highest BCUT2D eigenvalue weighted by Gasteiger charge is 2.17. The van der Waals surface area contributed by atoms with Crippen LogP contribution >= 0.6 is 39.1 Å². The van der Waals surface area contributed by atoms with E-state index in [0.29, 0.717) is 31.4 Å². The van der Waals surface area contributed by atoms with Crippen LogP contribution in [-0.4, -0.2) is 9.38 Å². The molecule has 0 saturated heterocycles. The van der Waals surface area contributed by atoms with Crippen molar-refractivity contribution in [2.75, 3.05) is 5.73 Å². The zero-order chi connectivity index (χ0) is 14.4. The number of nitrogen functional groups attached to an aromatic ring is 1. The molecule has 2 aromatic heterocycles. The molecule has 0 unspecified atom stereocenters. The molecule has 20 heavy (non-hydrogen) atoms. The number of nitrogens with zero attached hydrogens (tertiary/aromatic N) is 2. The zero-order valence-electron chi connectivity index (χ0n) is 9.87. The number of hydrogen-bond donors (Lipinski definition) is 1. The van der Waals surface area contributed by atoms with Crippen LogP contribution in [0.15, 0.2) is 34.9 Å². The predicted octanol–water partition coefficient (Wildman–Crippen LogP) is 4.79. The average molecular weight is 375 g/mol. The molecule has 2 N–H and O–H groups in total. The van der Waals surface area contributed by atoms with Gasteiger partial charge in [0.25, 0.3) is 0 Å². The van der Waals surface area contributed by atoms with Gasteiger partial charge in [0.15, 0.2) is 5.65 Å². The molecular weight excluding hydrogens is 368 g/mol. The Hall–Kier alpha value is -1.30. The lowest BCUT2D eigenvalue weighted by Crippen LogP contribution is -1.95. The fourth-order valence-electron chi connectivity index (χ4n) is 1.97. The number of nitrogens with two attached hydrogens (primary N) is 1. The van der Waals surface area contributed by atoms with E-state index in [4.69, 9.17) is 28.9 Å². The Morgan fingerprint density at radius 1 is 1.25 bits per heavy atom. The number of aromatic nitrogens is 2. The molecule has 0 spiro atoms. The Labute approximate surface area is 132 Å². The Morgan fingerprint density at radius 3 is 2.70 bits per heavy atom. The van der Waals surface area contributed by atoms with E-state index in [-0.39, 0.29) is 5.82 Å². The first-order chi connectivity index (χ1) is 9.47. The molecule has 0 aliphatic rings. The smallest absolute Gasteiger partial charge is 0.158 e. The first-order valence-electron chi connectivity index (χ1n) is 5.55. The molecule has 0 aliphatic carbocycles. The van der Waals surface area contributed by atoms with Crippen molar-refractivity contribution >= 4 is 50.6 Å². The number of imidazole rings is 1. The van der Waals surface area contributed by atoms with Crippen molar-refractivity contribution in [2.45, 2.75) is 0 Å². The summed E-state index contributed by atoms with van der Waals surface area (Å²) < 4.78 is 16.2. The first kappa shape index (κ1) is 13.7. The minimum absolute atomic E-state index is 0.283. The normalized spacial score (nSPS) is 11.2. The van der Waals surface area contributed by atoms with E-state index in [1.807, 2.05) is 0 Å². The Balaban J connectivity index is 2.32. The molecule has 0 fully saturated rings. The van der Waals surface area contributed by atoms with Crippen molar-refractivity contribution in [3.8, 4) is 11.3 Å². The fourth-order valence-corrected chi connectivity index (χ4v) is 2.82. The van der Waals surface area contributed by atoms with Crippen LogP contribution in [0.4, 0.5) is 10.2 Å². The number of halogens is 4. The molecule has 3 rings (SSSR count). The maximum absolute atomic E-state index is 14.0. The van der Waals surface area contributed by atoms with E-state index in [9.17, 15) is 4.39 Å². The number of benzene rings is 1. The summed E-state index contributed by atoms with van der Waals surface area (Å²) in [6.07, 6.45) is 1.59. The van der Waals surface area contributed by atoms with Crippen LogP contribution in [0, 0.1) is 5.82 Å². The standard InChI is InChI=1S/C13H7BrCl2FN3/c14-6-1-2-8(10(17)3-6)11-12(18)20-5-7(15)4-9(16)13(20)19-11/h1-5H,18H2. The molecule has 0 radical (unpaired) electrons. The van der Waals surface area contributed by atoms with Crippen LogP contribution in [-0.2, 0) is 0 Å². The monoisotopic (exact) mass is 373 g/mol.